The van der Waals surface area contributed by atoms with Gasteiger partial charge in [-0.3, -0.25) is 24.0 Å². The molecule has 48 heavy (non-hydrogen) atoms. The Morgan fingerprint density at radius 2 is 0.750 bits per heavy atom. The lowest BCUT2D eigenvalue weighted by Gasteiger charge is -2.19. The van der Waals surface area contributed by atoms with Crippen LogP contribution in [-0.2, 0) is 171 Å². The average molecular weight is 992 g/mol. The SMILES string of the molecule is C.CC(C)(C)C(=O)O.CC(C)(C)SC(=O)CC(=O)C(C)(C)C.CC(C)(C)SC(=O)CC(=O)O.S=S=S=S.S=S=S=S=S.S=S=S=S=S=S. The van der Waals surface area contributed by atoms with Crippen LogP contribution in [-0.4, -0.2) is 47.7 Å². The molecule has 286 valence electrons. The molecular weight excluding hydrogens is 945 g/mol. The zero-order valence-corrected chi connectivity index (χ0v) is 41.7. The molecule has 0 spiro atoms. The Labute approximate surface area is 351 Å². The molecular formula is C24H46O7S17. The molecule has 0 amide bonds. The first kappa shape index (κ1) is 64.9. The molecule has 0 aliphatic heterocycles. The van der Waals surface area contributed by atoms with Crippen molar-refractivity contribution in [2.24, 2.45) is 10.8 Å². The number of rotatable bonds is 4. The van der Waals surface area contributed by atoms with E-state index >= 15 is 0 Å². The summed E-state index contributed by atoms with van der Waals surface area (Å²) in [4.78, 5) is 53.9. The van der Waals surface area contributed by atoms with E-state index in [1.165, 1.54) is 91.7 Å². The van der Waals surface area contributed by atoms with E-state index in [1.807, 2.05) is 62.3 Å². The number of carboxylic acid groups (broad SMARTS) is 2. The maximum Gasteiger partial charge on any atom is 0.311 e. The van der Waals surface area contributed by atoms with Gasteiger partial charge in [-0.1, -0.05) is 93.3 Å². The maximum absolute atomic E-state index is 11.5. The fourth-order valence-corrected chi connectivity index (χ4v) is 11.3. The van der Waals surface area contributed by atoms with Crippen LogP contribution >= 0.6 is 23.5 Å². The third-order valence-electron chi connectivity index (χ3n) is 3.09. The van der Waals surface area contributed by atoms with Crippen molar-refractivity contribution in [3.05, 3.63) is 0 Å². The Hall–Kier alpha value is 1.95. The lowest BCUT2D eigenvalue weighted by atomic mass is 9.89. The summed E-state index contributed by atoms with van der Waals surface area (Å²) in [6, 6.07) is 0. The van der Waals surface area contributed by atoms with Crippen molar-refractivity contribution in [2.75, 3.05) is 0 Å². The first-order chi connectivity index (χ1) is 21.0. The summed E-state index contributed by atoms with van der Waals surface area (Å²) in [7, 11) is 11.9. The fourth-order valence-electron chi connectivity index (χ4n) is 1.31. The van der Waals surface area contributed by atoms with Crippen LogP contribution in [0.3, 0.4) is 0 Å². The Balaban J connectivity index is -0.0000000885. The Morgan fingerprint density at radius 1 is 0.479 bits per heavy atom. The minimum Gasteiger partial charge on any atom is -0.481 e. The van der Waals surface area contributed by atoms with Gasteiger partial charge in [-0.05, 0) is 20.8 Å². The van der Waals surface area contributed by atoms with E-state index < -0.39 is 22.8 Å². The summed E-state index contributed by atoms with van der Waals surface area (Å²) in [5.74, 6) is -1.81. The van der Waals surface area contributed by atoms with Gasteiger partial charge in [-0.25, -0.2) is 0 Å². The van der Waals surface area contributed by atoms with Crippen molar-refractivity contribution in [3.63, 3.8) is 0 Å². The first-order valence-corrected chi connectivity index (χ1v) is 29.8. The molecule has 0 bridgehead atoms. The van der Waals surface area contributed by atoms with Crippen LogP contribution in [0.25, 0.3) is 0 Å². The number of carboxylic acids is 2. The van der Waals surface area contributed by atoms with Crippen LogP contribution in [0, 0.1) is 10.8 Å². The van der Waals surface area contributed by atoms with Gasteiger partial charge in [-0.15, -0.1) is 0 Å². The third kappa shape index (κ3) is 73.4. The highest BCUT2D eigenvalue weighted by molar-refractivity contribution is 8.64. The molecule has 0 fully saturated rings. The van der Waals surface area contributed by atoms with Crippen LogP contribution in [0.1, 0.15) is 103 Å². The highest BCUT2D eigenvalue weighted by Crippen LogP contribution is 2.27. The molecule has 24 heteroatoms. The van der Waals surface area contributed by atoms with E-state index in [1.54, 1.807) is 20.8 Å². The number of hydrogen-bond donors (Lipinski definition) is 2. The van der Waals surface area contributed by atoms with Gasteiger partial charge in [-0.2, -0.15) is 0 Å². The molecule has 0 aromatic carbocycles. The molecule has 0 atom stereocenters. The zero-order valence-electron chi connectivity index (χ0n) is 27.8. The monoisotopic (exact) mass is 990 g/mol. The molecule has 0 rings (SSSR count). The second kappa shape index (κ2) is 38.7. The van der Waals surface area contributed by atoms with Crippen LogP contribution in [0.15, 0.2) is 0 Å². The quantitative estimate of drug-likeness (QED) is 0.307. The number of Topliss-reactive ketones (excluding diaryl/α,β-unsaturated/α-hetero) is 1. The highest BCUT2D eigenvalue weighted by Gasteiger charge is 2.26. The Morgan fingerprint density at radius 3 is 0.896 bits per heavy atom. The summed E-state index contributed by atoms with van der Waals surface area (Å²) < 4.78 is -0.290. The van der Waals surface area contributed by atoms with E-state index in [4.69, 9.17) is 10.2 Å². The fraction of sp³-hybridized carbons (Fsp3) is 0.792. The van der Waals surface area contributed by atoms with Crippen molar-refractivity contribution < 1.29 is 34.2 Å². The van der Waals surface area contributed by atoms with Crippen molar-refractivity contribution >= 4 is 199 Å². The summed E-state index contributed by atoms with van der Waals surface area (Å²) in [5, 5.41) is 16.2. The molecule has 0 radical (unpaired) electrons. The normalized spacial score (nSPS) is 9.67. The first-order valence-electron chi connectivity index (χ1n) is 12.2. The van der Waals surface area contributed by atoms with E-state index in [0.29, 0.717) is 0 Å². The molecule has 0 aromatic heterocycles. The predicted octanol–water partition coefficient (Wildman–Crippen LogP) is 6.29. The van der Waals surface area contributed by atoms with Gasteiger partial charge < -0.3 is 10.2 Å². The maximum atomic E-state index is 11.5. The van der Waals surface area contributed by atoms with E-state index in [-0.39, 0.29) is 45.8 Å². The molecule has 0 saturated heterocycles. The lowest BCUT2D eigenvalue weighted by Crippen LogP contribution is -2.23. The van der Waals surface area contributed by atoms with Crippen molar-refractivity contribution in [2.45, 2.75) is 113 Å². The summed E-state index contributed by atoms with van der Waals surface area (Å²) >= 11 is 28.9. The zero-order chi connectivity index (χ0) is 39.1. The van der Waals surface area contributed by atoms with Crippen LogP contribution in [0.4, 0.5) is 0 Å². The number of ketones is 1. The molecule has 2 N–H and O–H groups in total. The predicted molar refractivity (Wildman–Crippen MR) is 250 cm³/mol. The Bertz CT molecular complexity index is 1320. The second-order valence-corrected chi connectivity index (χ2v) is 31.5. The standard InChI is InChI=1S/C11H20O2S.C7H12O3S.C5H10O2.CH4.S6.S5.S4/c1-10(2,3)8(12)7-9(13)14-11(4,5)6;1-7(2,3)11-6(10)4-5(8)9;1-5(2,3)4(6)7;;1-3-5-6-4-2;1-3-5-4-2;1-3-4-2/h7H2,1-6H3;4H2,1-3H3,(H,8,9);1-3H3,(H,6,7);1H4;;;. The smallest absolute Gasteiger partial charge is 0.311 e. The van der Waals surface area contributed by atoms with Crippen LogP contribution in [0.5, 0.6) is 0 Å². The molecule has 0 unspecified atom stereocenters. The third-order valence-corrected chi connectivity index (χ3v) is 18.4. The van der Waals surface area contributed by atoms with Gasteiger partial charge in [0.2, 0.25) is 5.12 Å². The number of aliphatic carboxylic acids is 2. The topological polar surface area (TPSA) is 126 Å². The molecule has 0 aliphatic carbocycles. The number of carbonyl (C=O) groups excluding carboxylic acids is 3. The molecule has 7 nitrogen and oxygen atoms in total. The summed E-state index contributed by atoms with van der Waals surface area (Å²) in [6.07, 6.45) is -0.340. The van der Waals surface area contributed by atoms with Gasteiger partial charge >= 0.3 is 11.9 Å². The molecule has 0 aliphatic rings. The number of carbonyl (C=O) groups is 5. The number of thioether (sulfide) groups is 2. The van der Waals surface area contributed by atoms with Crippen LogP contribution in [0.2, 0.25) is 0 Å². The minimum absolute atomic E-state index is 0. The summed E-state index contributed by atoms with van der Waals surface area (Å²) in [5.41, 5.74) is -0.992. The van der Waals surface area contributed by atoms with Crippen molar-refractivity contribution in [1.29, 1.82) is 0 Å². The van der Waals surface area contributed by atoms with Crippen molar-refractivity contribution in [1.82, 2.24) is 0 Å². The Kier molecular flexibility index (Phi) is 52.3. The molecule has 0 saturated carbocycles. The number of hydrogen-bond acceptors (Lipinski definition) is 13. The van der Waals surface area contributed by atoms with Gasteiger partial charge in [0, 0.05) is 162 Å². The highest BCUT2D eigenvalue weighted by atomic mass is 33.3. The summed E-state index contributed by atoms with van der Waals surface area (Å²) in [6.45, 7) is 22.0. The van der Waals surface area contributed by atoms with Gasteiger partial charge in [0.15, 0.2) is 5.12 Å². The lowest BCUT2D eigenvalue weighted by molar-refractivity contribution is -0.146. The van der Waals surface area contributed by atoms with Crippen LogP contribution < -0.4 is 0 Å². The average Bonchev–Trinajstić information content (AvgIpc) is 2.85. The largest absolute Gasteiger partial charge is 0.481 e. The van der Waals surface area contributed by atoms with Gasteiger partial charge in [0.1, 0.15) is 12.2 Å². The van der Waals surface area contributed by atoms with E-state index in [0.717, 1.165) is 11.8 Å². The van der Waals surface area contributed by atoms with Gasteiger partial charge in [0.25, 0.3) is 0 Å². The van der Waals surface area contributed by atoms with Gasteiger partial charge in [0.05, 0.1) is 11.8 Å². The second-order valence-electron chi connectivity index (χ2n) is 11.8. The van der Waals surface area contributed by atoms with Crippen molar-refractivity contribution in [3.8, 4) is 0 Å². The molecule has 0 aromatic rings. The van der Waals surface area contributed by atoms with E-state index in [2.05, 4.69) is 67.1 Å². The molecule has 0 heterocycles. The minimum atomic E-state index is -1.06. The van der Waals surface area contributed by atoms with E-state index in [9.17, 15) is 24.0 Å².